The number of fused-ring (bicyclic) bond motifs is 1. The monoisotopic (exact) mass is 480 g/mol. The lowest BCUT2D eigenvalue weighted by atomic mass is 10.0. The summed E-state index contributed by atoms with van der Waals surface area (Å²) in [5.74, 6) is 1.33. The Morgan fingerprint density at radius 3 is 2.71 bits per heavy atom. The normalized spacial score (nSPS) is 15.3. The SMILES string of the molecule is Cn1cc(CC(NC(=O)OC(C)(C)C)C(=O)Nc2n[nH]c(CCC3CCCC3)n2)c2ccccc21. The number of carbonyl (C=O) groups is 2. The molecule has 3 N–H and O–H groups in total. The Hall–Kier alpha value is -3.36. The molecule has 0 aliphatic heterocycles. The number of aromatic nitrogens is 4. The summed E-state index contributed by atoms with van der Waals surface area (Å²) in [5, 5.41) is 13.6. The number of benzene rings is 1. The molecule has 1 aliphatic rings. The van der Waals surface area contributed by atoms with Gasteiger partial charge >= 0.3 is 6.09 Å². The van der Waals surface area contributed by atoms with Gasteiger partial charge in [-0.3, -0.25) is 15.2 Å². The molecule has 0 radical (unpaired) electrons. The number of alkyl carbamates (subject to hydrolysis) is 1. The number of nitrogens with one attached hydrogen (secondary N) is 3. The van der Waals surface area contributed by atoms with Crippen molar-refractivity contribution in [1.29, 1.82) is 0 Å². The summed E-state index contributed by atoms with van der Waals surface area (Å²) < 4.78 is 7.42. The fourth-order valence-electron chi connectivity index (χ4n) is 4.77. The smallest absolute Gasteiger partial charge is 0.408 e. The summed E-state index contributed by atoms with van der Waals surface area (Å²) in [5.41, 5.74) is 1.33. The third-order valence-corrected chi connectivity index (χ3v) is 6.44. The van der Waals surface area contributed by atoms with Crippen molar-refractivity contribution in [2.24, 2.45) is 13.0 Å². The number of ether oxygens (including phenoxy) is 1. The van der Waals surface area contributed by atoms with Gasteiger partial charge in [0.25, 0.3) is 0 Å². The average molecular weight is 481 g/mol. The van der Waals surface area contributed by atoms with Gasteiger partial charge in [-0.05, 0) is 44.7 Å². The van der Waals surface area contributed by atoms with Crippen molar-refractivity contribution in [2.75, 3.05) is 5.32 Å². The van der Waals surface area contributed by atoms with Crippen molar-refractivity contribution in [1.82, 2.24) is 25.1 Å². The number of aromatic amines is 1. The highest BCUT2D eigenvalue weighted by Crippen LogP contribution is 2.28. The Balaban J connectivity index is 1.46. The minimum atomic E-state index is -0.865. The van der Waals surface area contributed by atoms with Crippen LogP contribution in [-0.4, -0.2) is 43.4 Å². The molecular weight excluding hydrogens is 444 g/mol. The minimum Gasteiger partial charge on any atom is -0.444 e. The van der Waals surface area contributed by atoms with Gasteiger partial charge in [-0.1, -0.05) is 43.9 Å². The van der Waals surface area contributed by atoms with Crippen molar-refractivity contribution >= 4 is 28.9 Å². The second-order valence-electron chi connectivity index (χ2n) is 10.5. The molecule has 4 rings (SSSR count). The largest absolute Gasteiger partial charge is 0.444 e. The lowest BCUT2D eigenvalue weighted by Gasteiger charge is -2.23. The summed E-state index contributed by atoms with van der Waals surface area (Å²) in [6.45, 7) is 5.35. The number of amides is 2. The van der Waals surface area contributed by atoms with Gasteiger partial charge < -0.3 is 14.6 Å². The molecule has 9 heteroatoms. The molecule has 1 atom stereocenters. The van der Waals surface area contributed by atoms with E-state index >= 15 is 0 Å². The van der Waals surface area contributed by atoms with Gasteiger partial charge in [-0.2, -0.15) is 4.98 Å². The van der Waals surface area contributed by atoms with Crippen LogP contribution in [0.2, 0.25) is 0 Å². The summed E-state index contributed by atoms with van der Waals surface area (Å²) in [4.78, 5) is 30.2. The molecule has 3 aromatic rings. The van der Waals surface area contributed by atoms with Gasteiger partial charge in [-0.25, -0.2) is 4.79 Å². The number of nitrogens with zero attached hydrogens (tertiary/aromatic N) is 3. The molecule has 1 fully saturated rings. The van der Waals surface area contributed by atoms with Gasteiger partial charge in [0.05, 0.1) is 0 Å². The first-order chi connectivity index (χ1) is 16.7. The maximum absolute atomic E-state index is 13.3. The van der Waals surface area contributed by atoms with Gasteiger partial charge in [0.1, 0.15) is 17.5 Å². The summed E-state index contributed by atoms with van der Waals surface area (Å²) in [6.07, 6.45) is 8.70. The van der Waals surface area contributed by atoms with Crippen LogP contribution in [0.4, 0.5) is 10.7 Å². The second-order valence-corrected chi connectivity index (χ2v) is 10.5. The van der Waals surface area contributed by atoms with Crippen molar-refractivity contribution in [3.63, 3.8) is 0 Å². The predicted molar refractivity (Wildman–Crippen MR) is 135 cm³/mol. The van der Waals surface area contributed by atoms with Crippen molar-refractivity contribution < 1.29 is 14.3 Å². The van der Waals surface area contributed by atoms with E-state index in [-0.39, 0.29) is 5.95 Å². The molecule has 0 spiro atoms. The third kappa shape index (κ3) is 6.61. The number of hydrogen-bond donors (Lipinski definition) is 3. The molecule has 1 unspecified atom stereocenters. The van der Waals surface area contributed by atoms with Crippen molar-refractivity contribution in [2.45, 2.75) is 77.4 Å². The molecule has 35 heavy (non-hydrogen) atoms. The Bertz CT molecular complexity index is 1170. The van der Waals surface area contributed by atoms with E-state index in [4.69, 9.17) is 4.74 Å². The molecule has 2 amide bonds. The van der Waals surface area contributed by atoms with Gasteiger partial charge in [0, 0.05) is 37.0 Å². The first-order valence-electron chi connectivity index (χ1n) is 12.4. The number of para-hydroxylation sites is 1. The van der Waals surface area contributed by atoms with E-state index in [0.29, 0.717) is 6.42 Å². The zero-order valence-corrected chi connectivity index (χ0v) is 21.1. The number of rotatable bonds is 8. The molecule has 188 valence electrons. The van der Waals surface area contributed by atoms with Crippen LogP contribution in [0.15, 0.2) is 30.5 Å². The van der Waals surface area contributed by atoms with Crippen LogP contribution >= 0.6 is 0 Å². The first-order valence-corrected chi connectivity index (χ1v) is 12.4. The molecule has 1 aromatic carbocycles. The molecule has 1 aliphatic carbocycles. The number of hydrogen-bond acceptors (Lipinski definition) is 5. The topological polar surface area (TPSA) is 114 Å². The first kappa shape index (κ1) is 24.8. The number of carbonyl (C=O) groups excluding carboxylic acids is 2. The molecule has 1 saturated carbocycles. The van der Waals surface area contributed by atoms with E-state index in [9.17, 15) is 9.59 Å². The molecule has 0 saturated heterocycles. The van der Waals surface area contributed by atoms with Crippen LogP contribution in [0.25, 0.3) is 10.9 Å². The zero-order valence-electron chi connectivity index (χ0n) is 21.1. The lowest BCUT2D eigenvalue weighted by Crippen LogP contribution is -2.47. The van der Waals surface area contributed by atoms with Crippen LogP contribution in [-0.2, 0) is 29.4 Å². The molecule has 9 nitrogen and oxygen atoms in total. The highest BCUT2D eigenvalue weighted by Gasteiger charge is 2.27. The fourth-order valence-corrected chi connectivity index (χ4v) is 4.77. The Kier molecular flexibility index (Phi) is 7.42. The quantitative estimate of drug-likeness (QED) is 0.439. The number of anilines is 1. The third-order valence-electron chi connectivity index (χ3n) is 6.44. The van der Waals surface area contributed by atoms with E-state index in [2.05, 4.69) is 25.8 Å². The molecular formula is C26H36N6O3. The van der Waals surface area contributed by atoms with Crippen molar-refractivity contribution in [3.8, 4) is 0 Å². The minimum absolute atomic E-state index is 0.213. The Morgan fingerprint density at radius 1 is 1.23 bits per heavy atom. The van der Waals surface area contributed by atoms with E-state index < -0.39 is 23.6 Å². The summed E-state index contributed by atoms with van der Waals surface area (Å²) >= 11 is 0. The predicted octanol–water partition coefficient (Wildman–Crippen LogP) is 4.49. The zero-order chi connectivity index (χ0) is 25.0. The van der Waals surface area contributed by atoms with E-state index in [1.807, 2.05) is 42.1 Å². The summed E-state index contributed by atoms with van der Waals surface area (Å²) in [6, 6.07) is 7.11. The van der Waals surface area contributed by atoms with Crippen LogP contribution in [0.1, 0.15) is 64.3 Å². The maximum atomic E-state index is 13.3. The lowest BCUT2D eigenvalue weighted by molar-refractivity contribution is -0.118. The highest BCUT2D eigenvalue weighted by atomic mass is 16.6. The number of aryl methyl sites for hydroxylation is 2. The average Bonchev–Trinajstić information content (AvgIpc) is 3.52. The Morgan fingerprint density at radius 2 is 1.97 bits per heavy atom. The highest BCUT2D eigenvalue weighted by molar-refractivity contribution is 5.96. The van der Waals surface area contributed by atoms with Gasteiger partial charge in [-0.15, -0.1) is 5.10 Å². The fraction of sp³-hybridized carbons (Fsp3) is 0.538. The van der Waals surface area contributed by atoms with Crippen LogP contribution in [0.5, 0.6) is 0 Å². The van der Waals surface area contributed by atoms with E-state index in [1.54, 1.807) is 20.8 Å². The molecule has 2 heterocycles. The van der Waals surface area contributed by atoms with Crippen LogP contribution in [0, 0.1) is 5.92 Å². The number of H-pyrrole nitrogens is 1. The van der Waals surface area contributed by atoms with Gasteiger partial charge in [0.15, 0.2) is 0 Å². The summed E-state index contributed by atoms with van der Waals surface area (Å²) in [7, 11) is 1.96. The standard InChI is InChI=1S/C26H36N6O3/c1-26(2,3)35-25(34)27-20(15-18-16-32(4)21-12-8-7-11-19(18)21)23(33)29-24-28-22(30-31-24)14-13-17-9-5-6-10-17/h7-8,11-12,16-17,20H,5-6,9-10,13-15H2,1-4H3,(H,27,34)(H2,28,29,30,31,33). The van der Waals surface area contributed by atoms with E-state index in [1.165, 1.54) is 25.7 Å². The van der Waals surface area contributed by atoms with Crippen LogP contribution in [0.3, 0.4) is 0 Å². The molecule has 0 bridgehead atoms. The van der Waals surface area contributed by atoms with E-state index in [0.717, 1.165) is 41.1 Å². The molecule has 2 aromatic heterocycles. The van der Waals surface area contributed by atoms with Crippen molar-refractivity contribution in [3.05, 3.63) is 41.9 Å². The van der Waals surface area contributed by atoms with Gasteiger partial charge in [0.2, 0.25) is 11.9 Å². The van der Waals surface area contributed by atoms with Crippen LogP contribution < -0.4 is 10.6 Å². The second kappa shape index (κ2) is 10.5. The maximum Gasteiger partial charge on any atom is 0.408 e. The Labute approximate surface area is 206 Å².